The van der Waals surface area contributed by atoms with Crippen molar-refractivity contribution in [3.63, 3.8) is 0 Å². The predicted octanol–water partition coefficient (Wildman–Crippen LogP) is 5.60. The summed E-state index contributed by atoms with van der Waals surface area (Å²) in [6, 6.07) is 15.5. The first-order valence-corrected chi connectivity index (χ1v) is 11.9. The van der Waals surface area contributed by atoms with Gasteiger partial charge in [0, 0.05) is 36.0 Å². The fourth-order valence-electron chi connectivity index (χ4n) is 3.78. The van der Waals surface area contributed by atoms with Crippen molar-refractivity contribution in [1.82, 2.24) is 9.88 Å². The molecule has 0 bridgehead atoms. The summed E-state index contributed by atoms with van der Waals surface area (Å²) >= 11 is 5.04. The van der Waals surface area contributed by atoms with E-state index in [4.69, 9.17) is 14.1 Å². The number of morpholine rings is 1. The summed E-state index contributed by atoms with van der Waals surface area (Å²) in [5.74, 6) is 0.185. The highest BCUT2D eigenvalue weighted by atomic mass is 79.9. The average Bonchev–Trinajstić information content (AvgIpc) is 3.40. The Kier molecular flexibility index (Phi) is 7.48. The third-order valence-corrected chi connectivity index (χ3v) is 6.95. The number of aromatic nitrogens is 1. The van der Waals surface area contributed by atoms with E-state index in [1.807, 2.05) is 48.5 Å². The van der Waals surface area contributed by atoms with Crippen LogP contribution in [0.5, 0.6) is 0 Å². The number of anilines is 1. The molecule has 6 nitrogen and oxygen atoms in total. The molecule has 0 unspecified atom stereocenters. The van der Waals surface area contributed by atoms with Crippen molar-refractivity contribution in [3.05, 3.63) is 58.8 Å². The summed E-state index contributed by atoms with van der Waals surface area (Å²) in [7, 11) is 0. The number of rotatable bonds is 6. The zero-order valence-electron chi connectivity index (χ0n) is 17.3. The van der Waals surface area contributed by atoms with E-state index >= 15 is 0 Å². The number of halogens is 2. The van der Waals surface area contributed by atoms with Gasteiger partial charge in [0.1, 0.15) is 5.58 Å². The van der Waals surface area contributed by atoms with Gasteiger partial charge in [-0.25, -0.2) is 4.98 Å². The molecular weight excluding hydrogens is 514 g/mol. The fourth-order valence-corrected chi connectivity index (χ4v) is 5.33. The zero-order valence-corrected chi connectivity index (χ0v) is 20.5. The Balaban J connectivity index is 0.00000245. The maximum atomic E-state index is 13.5. The molecular formula is C23H23BrClN3O3S. The first kappa shape index (κ1) is 23.2. The molecule has 1 saturated heterocycles. The summed E-state index contributed by atoms with van der Waals surface area (Å²) < 4.78 is 13.3. The van der Waals surface area contributed by atoms with Gasteiger partial charge in [0.2, 0.25) is 0 Å². The molecule has 2 aromatic heterocycles. The summed E-state index contributed by atoms with van der Waals surface area (Å²) in [6.45, 7) is 4.92. The van der Waals surface area contributed by atoms with Crippen LogP contribution >= 0.6 is 39.7 Å². The smallest absolute Gasteiger partial charge is 0.295 e. The lowest BCUT2D eigenvalue weighted by Gasteiger charge is -2.27. The van der Waals surface area contributed by atoms with E-state index in [2.05, 4.69) is 20.8 Å². The molecule has 0 N–H and O–H groups in total. The van der Waals surface area contributed by atoms with E-state index in [9.17, 15) is 4.79 Å². The lowest BCUT2D eigenvalue weighted by molar-refractivity contribution is 0.0376. The SMILES string of the molecule is Cl.O=C(c1cc2ccccc2o1)N(CCCN1CCOCC1)c1nc2ccc(Br)cc2s1. The minimum atomic E-state index is -0.156. The maximum absolute atomic E-state index is 13.5. The van der Waals surface area contributed by atoms with Crippen LogP contribution in [0.2, 0.25) is 0 Å². The zero-order chi connectivity index (χ0) is 21.2. The number of hydrogen-bond acceptors (Lipinski definition) is 6. The molecule has 1 aliphatic rings. The van der Waals surface area contributed by atoms with Crippen molar-refractivity contribution < 1.29 is 13.9 Å². The van der Waals surface area contributed by atoms with Crippen molar-refractivity contribution in [3.8, 4) is 0 Å². The molecule has 4 aromatic rings. The summed E-state index contributed by atoms with van der Waals surface area (Å²) in [5, 5.41) is 1.62. The van der Waals surface area contributed by atoms with E-state index in [0.717, 1.165) is 59.3 Å². The van der Waals surface area contributed by atoms with Gasteiger partial charge in [-0.05, 0) is 36.8 Å². The Hall–Kier alpha value is -1.97. The second-order valence-electron chi connectivity index (χ2n) is 7.52. The maximum Gasteiger partial charge on any atom is 0.295 e. The number of carbonyl (C=O) groups is 1. The van der Waals surface area contributed by atoms with Crippen molar-refractivity contribution in [2.75, 3.05) is 44.3 Å². The molecule has 0 radical (unpaired) electrons. The second-order valence-corrected chi connectivity index (χ2v) is 9.45. The number of amides is 1. The van der Waals surface area contributed by atoms with Crippen LogP contribution < -0.4 is 4.90 Å². The molecule has 3 heterocycles. The van der Waals surface area contributed by atoms with E-state index in [0.29, 0.717) is 23.0 Å². The first-order valence-electron chi connectivity index (χ1n) is 10.3. The monoisotopic (exact) mass is 535 g/mol. The first-order chi connectivity index (χ1) is 15.2. The molecule has 0 aliphatic carbocycles. The molecule has 1 aliphatic heterocycles. The lowest BCUT2D eigenvalue weighted by atomic mass is 10.2. The highest BCUT2D eigenvalue weighted by molar-refractivity contribution is 9.10. The Morgan fingerprint density at radius 1 is 1.16 bits per heavy atom. The van der Waals surface area contributed by atoms with Gasteiger partial charge in [0.15, 0.2) is 10.9 Å². The van der Waals surface area contributed by atoms with Gasteiger partial charge in [-0.2, -0.15) is 0 Å². The molecule has 1 fully saturated rings. The van der Waals surface area contributed by atoms with Gasteiger partial charge in [0.05, 0.1) is 23.4 Å². The Labute approximate surface area is 204 Å². The van der Waals surface area contributed by atoms with Crippen LogP contribution in [0.25, 0.3) is 21.2 Å². The molecule has 32 heavy (non-hydrogen) atoms. The van der Waals surface area contributed by atoms with Crippen LogP contribution in [0.4, 0.5) is 5.13 Å². The van der Waals surface area contributed by atoms with Crippen LogP contribution in [-0.2, 0) is 4.74 Å². The van der Waals surface area contributed by atoms with E-state index in [1.54, 1.807) is 4.90 Å². The van der Waals surface area contributed by atoms with Gasteiger partial charge < -0.3 is 9.15 Å². The number of fused-ring (bicyclic) bond motifs is 2. The quantitative estimate of drug-likeness (QED) is 0.321. The number of thiazole rings is 1. The number of furan rings is 1. The normalized spacial score (nSPS) is 14.5. The number of nitrogens with zero attached hydrogens (tertiary/aromatic N) is 3. The average molecular weight is 537 g/mol. The molecule has 1 amide bonds. The Morgan fingerprint density at radius 2 is 1.97 bits per heavy atom. The number of carbonyl (C=O) groups excluding carboxylic acids is 1. The third kappa shape index (κ3) is 5.00. The van der Waals surface area contributed by atoms with Gasteiger partial charge in [-0.15, -0.1) is 12.4 Å². The second kappa shape index (κ2) is 10.3. The van der Waals surface area contributed by atoms with Crippen LogP contribution in [0.15, 0.2) is 57.4 Å². The van der Waals surface area contributed by atoms with Crippen molar-refractivity contribution in [2.24, 2.45) is 0 Å². The van der Waals surface area contributed by atoms with Crippen LogP contribution in [-0.4, -0.2) is 55.2 Å². The Bertz CT molecular complexity index is 1190. The molecule has 0 spiro atoms. The lowest BCUT2D eigenvalue weighted by Crippen LogP contribution is -2.39. The van der Waals surface area contributed by atoms with E-state index < -0.39 is 0 Å². The van der Waals surface area contributed by atoms with Crippen molar-refractivity contribution in [1.29, 1.82) is 0 Å². The van der Waals surface area contributed by atoms with Gasteiger partial charge in [-0.3, -0.25) is 14.6 Å². The van der Waals surface area contributed by atoms with Gasteiger partial charge >= 0.3 is 0 Å². The number of hydrogen-bond donors (Lipinski definition) is 0. The minimum Gasteiger partial charge on any atom is -0.451 e. The fraction of sp³-hybridized carbons (Fsp3) is 0.304. The summed E-state index contributed by atoms with van der Waals surface area (Å²) in [4.78, 5) is 22.4. The highest BCUT2D eigenvalue weighted by Gasteiger charge is 2.24. The topological polar surface area (TPSA) is 58.8 Å². The summed E-state index contributed by atoms with van der Waals surface area (Å²) in [5.41, 5.74) is 1.60. The van der Waals surface area contributed by atoms with Crippen LogP contribution in [0, 0.1) is 0 Å². The standard InChI is InChI=1S/C23H22BrN3O3S.ClH/c24-17-6-7-18-21(15-17)31-23(25-18)27(9-3-8-26-10-12-29-13-11-26)22(28)20-14-16-4-1-2-5-19(16)30-20;/h1-2,4-7,14-15H,3,8-13H2;1H. The largest absolute Gasteiger partial charge is 0.451 e. The van der Waals surface area contributed by atoms with Crippen molar-refractivity contribution >= 4 is 71.9 Å². The highest BCUT2D eigenvalue weighted by Crippen LogP contribution is 2.32. The third-order valence-electron chi connectivity index (χ3n) is 5.41. The molecule has 5 rings (SSSR count). The minimum absolute atomic E-state index is 0. The molecule has 9 heteroatoms. The van der Waals surface area contributed by atoms with E-state index in [-0.39, 0.29) is 18.3 Å². The molecule has 168 valence electrons. The summed E-state index contributed by atoms with van der Waals surface area (Å²) in [6.07, 6.45) is 0.853. The Morgan fingerprint density at radius 3 is 2.78 bits per heavy atom. The van der Waals surface area contributed by atoms with Gasteiger partial charge in [-0.1, -0.05) is 45.5 Å². The van der Waals surface area contributed by atoms with Crippen LogP contribution in [0.3, 0.4) is 0 Å². The van der Waals surface area contributed by atoms with Crippen LogP contribution in [0.1, 0.15) is 17.0 Å². The molecule has 2 aromatic carbocycles. The molecule has 0 atom stereocenters. The predicted molar refractivity (Wildman–Crippen MR) is 134 cm³/mol. The van der Waals surface area contributed by atoms with E-state index in [1.165, 1.54) is 11.3 Å². The van der Waals surface area contributed by atoms with Crippen molar-refractivity contribution in [2.45, 2.75) is 6.42 Å². The number of ether oxygens (including phenoxy) is 1. The number of benzene rings is 2. The number of para-hydroxylation sites is 1. The molecule has 0 saturated carbocycles. The van der Waals surface area contributed by atoms with Gasteiger partial charge in [0.25, 0.3) is 5.91 Å².